The van der Waals surface area contributed by atoms with E-state index in [0.717, 1.165) is 10.5 Å². The zero-order valence-electron chi connectivity index (χ0n) is 10.0. The van der Waals surface area contributed by atoms with Crippen LogP contribution in [0.2, 0.25) is 25.7 Å². The first-order chi connectivity index (χ1) is 6.75. The van der Waals surface area contributed by atoms with Crippen LogP contribution >= 0.6 is 0 Å². The lowest BCUT2D eigenvalue weighted by atomic mass is 10.6. The lowest BCUT2D eigenvalue weighted by Gasteiger charge is -2.15. The van der Waals surface area contributed by atoms with Crippen LogP contribution in [0, 0.1) is 0 Å². The molecule has 0 aliphatic heterocycles. The van der Waals surface area contributed by atoms with Gasteiger partial charge in [-0.05, 0) is 25.7 Å². The average molecular weight is 295 g/mol. The number of hydrogen-bond donors (Lipinski definition) is 0. The van der Waals surface area contributed by atoms with Crippen molar-refractivity contribution in [1.82, 2.24) is 0 Å². The van der Waals surface area contributed by atoms with Crippen LogP contribution in [0.4, 0.5) is 12.3 Å². The predicted molar refractivity (Wildman–Crippen MR) is 68.2 cm³/mol. The highest BCUT2D eigenvalue weighted by atomic mass is 28.5. The van der Waals surface area contributed by atoms with E-state index < -0.39 is 27.4 Å². The van der Waals surface area contributed by atoms with Crippen molar-refractivity contribution in [3.05, 3.63) is 0 Å². The molecular weight excluding hydrogens is 273 g/mol. The Bertz CT molecular complexity index is 148. The van der Waals surface area contributed by atoms with E-state index in [1.165, 1.54) is 6.55 Å². The molecule has 0 aromatic carbocycles. The Morgan fingerprint density at radius 2 is 1.73 bits per heavy atom. The maximum atomic E-state index is 12.8. The van der Waals surface area contributed by atoms with Crippen LogP contribution in [0.5, 0.6) is 0 Å². The highest BCUT2D eigenvalue weighted by Crippen LogP contribution is 2.16. The lowest BCUT2D eigenvalue weighted by Crippen LogP contribution is -2.32. The quantitative estimate of drug-likeness (QED) is 0.563. The van der Waals surface area contributed by atoms with Gasteiger partial charge in [0, 0.05) is 0 Å². The highest BCUT2D eigenvalue weighted by Gasteiger charge is 2.33. The second-order valence-electron chi connectivity index (χ2n) is 3.51. The molecule has 0 N–H and O–H groups in total. The topological polar surface area (TPSA) is 18.5 Å². The van der Waals surface area contributed by atoms with E-state index in [-0.39, 0.29) is 6.04 Å². The van der Waals surface area contributed by atoms with Crippen molar-refractivity contribution < 1.29 is 20.6 Å². The van der Waals surface area contributed by atoms with Gasteiger partial charge < -0.3 is 8.23 Å². The minimum absolute atomic E-state index is 0.171. The van der Waals surface area contributed by atoms with Crippen molar-refractivity contribution in [3.63, 3.8) is 0 Å². The van der Waals surface area contributed by atoms with E-state index in [9.17, 15) is 12.3 Å². The monoisotopic (exact) mass is 294 g/mol. The Morgan fingerprint density at radius 1 is 1.33 bits per heavy atom. The van der Waals surface area contributed by atoms with Crippen LogP contribution in [-0.2, 0) is 8.23 Å². The molecule has 0 saturated carbocycles. The third-order valence-corrected chi connectivity index (χ3v) is 9.35. The summed E-state index contributed by atoms with van der Waals surface area (Å²) in [6.45, 7) is 7.27. The number of hydrogen-bond acceptors (Lipinski definition) is 2. The maximum Gasteiger partial charge on any atom is 0.553 e. The van der Waals surface area contributed by atoms with Crippen LogP contribution in [0.1, 0.15) is 13.3 Å². The van der Waals surface area contributed by atoms with E-state index in [0.29, 0.717) is 6.42 Å². The van der Waals surface area contributed by atoms with Gasteiger partial charge in [-0.2, -0.15) is 0 Å². The van der Waals surface area contributed by atoms with E-state index in [1.807, 2.05) is 0 Å². The molecule has 1 atom stereocenters. The molecule has 15 heavy (non-hydrogen) atoms. The van der Waals surface area contributed by atoms with Crippen molar-refractivity contribution >= 4 is 37.9 Å². The molecule has 0 fully saturated rings. The second-order valence-corrected chi connectivity index (χ2v) is 11.7. The van der Waals surface area contributed by atoms with Gasteiger partial charge in [0.1, 0.15) is 10.5 Å². The molecule has 0 aromatic rings. The van der Waals surface area contributed by atoms with Crippen LogP contribution in [0.15, 0.2) is 0 Å². The maximum absolute atomic E-state index is 12.8. The molecule has 0 rings (SSSR count). The fraction of sp³-hybridized carbons (Fsp3) is 1.00. The second kappa shape index (κ2) is 9.78. The predicted octanol–water partition coefficient (Wildman–Crippen LogP) is 1.38. The zero-order valence-corrected chi connectivity index (χ0v) is 15.3. The van der Waals surface area contributed by atoms with Crippen molar-refractivity contribution in [2.75, 3.05) is 0 Å². The van der Waals surface area contributed by atoms with Crippen LogP contribution in [-0.4, -0.2) is 37.9 Å². The third kappa shape index (κ3) is 17.2. The fourth-order valence-electron chi connectivity index (χ4n) is 0.691. The Morgan fingerprint density at radius 3 is 1.93 bits per heavy atom. The first kappa shape index (κ1) is 18.0. The molecule has 0 bridgehead atoms. The molecule has 1 unspecified atom stereocenters. The van der Waals surface area contributed by atoms with Crippen molar-refractivity contribution in [2.45, 2.75) is 39.0 Å². The summed E-state index contributed by atoms with van der Waals surface area (Å²) in [4.78, 5) is 0. The van der Waals surface area contributed by atoms with Crippen molar-refractivity contribution in [2.24, 2.45) is 0 Å². The first-order valence-electron chi connectivity index (χ1n) is 4.92. The van der Waals surface area contributed by atoms with E-state index in [2.05, 4.69) is 17.2 Å². The molecule has 9 heteroatoms. The molecule has 0 amide bonds. The summed E-state index contributed by atoms with van der Waals surface area (Å²) in [5, 5.41) is 0. The van der Waals surface area contributed by atoms with Crippen LogP contribution in [0.3, 0.4) is 0 Å². The van der Waals surface area contributed by atoms with Crippen LogP contribution < -0.4 is 0 Å². The van der Waals surface area contributed by atoms with Gasteiger partial charge in [0.2, 0.25) is 0 Å². The van der Waals surface area contributed by atoms with Crippen molar-refractivity contribution in [1.29, 1.82) is 0 Å². The standard InChI is InChI=1S/C4H11F3OSi2.C2H10OSi2/c1-3-4-10(2,7)8-9(5)6;1-5(2)3-4/h9H,3-4H2,1-2H3;5H,1-2,4H3. The summed E-state index contributed by atoms with van der Waals surface area (Å²) in [7, 11) is -7.25. The lowest BCUT2D eigenvalue weighted by molar-refractivity contribution is 0.377. The summed E-state index contributed by atoms with van der Waals surface area (Å²) in [5.41, 5.74) is 0. The van der Waals surface area contributed by atoms with Gasteiger partial charge in [-0.3, -0.25) is 4.11 Å². The summed E-state index contributed by atoms with van der Waals surface area (Å²) in [6, 6.07) is 0.171. The van der Waals surface area contributed by atoms with Gasteiger partial charge in [0.25, 0.3) is 0 Å². The molecule has 2 nitrogen and oxygen atoms in total. The first-order valence-corrected chi connectivity index (χ1v) is 12.4. The van der Waals surface area contributed by atoms with E-state index >= 15 is 0 Å². The van der Waals surface area contributed by atoms with Crippen molar-refractivity contribution in [3.8, 4) is 0 Å². The fourth-order valence-corrected chi connectivity index (χ4v) is 3.54. The molecule has 0 radical (unpaired) electrons. The van der Waals surface area contributed by atoms with Crippen LogP contribution in [0.25, 0.3) is 0 Å². The van der Waals surface area contributed by atoms with Gasteiger partial charge in [0.15, 0.2) is 9.04 Å². The smallest absolute Gasteiger partial charge is 0.466 e. The summed E-state index contributed by atoms with van der Waals surface area (Å²) in [5.74, 6) is 0. The SMILES string of the molecule is CCC[Si](C)(F)O[SiH](F)F.C[SiH](C)O[SiH3]. The Kier molecular flexibility index (Phi) is 11.7. The molecule has 0 aliphatic rings. The Hall–Kier alpha value is 0.578. The average Bonchev–Trinajstić information content (AvgIpc) is 2.02. The normalized spacial score (nSPS) is 15.0. The molecular formula is C6H21F3O2Si4. The van der Waals surface area contributed by atoms with Gasteiger partial charge >= 0.3 is 18.4 Å². The van der Waals surface area contributed by atoms with Gasteiger partial charge in [-0.1, -0.05) is 13.3 Å². The Balaban J connectivity index is 0. The molecule has 0 aliphatic carbocycles. The molecule has 94 valence electrons. The van der Waals surface area contributed by atoms with Gasteiger partial charge in [-0.25, -0.2) is 8.22 Å². The van der Waals surface area contributed by atoms with Gasteiger partial charge in [0.05, 0.1) is 0 Å². The Labute approximate surface area is 97.8 Å². The number of rotatable bonds is 5. The summed E-state index contributed by atoms with van der Waals surface area (Å²) < 4.78 is 44.9. The molecule has 0 heterocycles. The van der Waals surface area contributed by atoms with Gasteiger partial charge in [-0.15, -0.1) is 0 Å². The molecule has 0 spiro atoms. The van der Waals surface area contributed by atoms with E-state index in [4.69, 9.17) is 4.12 Å². The summed E-state index contributed by atoms with van der Waals surface area (Å²) in [6.07, 6.45) is 0.570. The minimum atomic E-state index is -4.14. The highest BCUT2D eigenvalue weighted by molar-refractivity contribution is 6.71. The minimum Gasteiger partial charge on any atom is -0.466 e. The third-order valence-electron chi connectivity index (χ3n) is 1.50. The molecule has 0 aromatic heterocycles. The zero-order chi connectivity index (χ0) is 12.5. The summed E-state index contributed by atoms with van der Waals surface area (Å²) >= 11 is 0. The molecule has 0 saturated heterocycles. The largest absolute Gasteiger partial charge is 0.553 e. The van der Waals surface area contributed by atoms with E-state index in [1.54, 1.807) is 6.92 Å². The number of halogens is 3.